The lowest BCUT2D eigenvalue weighted by molar-refractivity contribution is 0.285. The molecule has 1 unspecified atom stereocenters. The fourth-order valence-corrected chi connectivity index (χ4v) is 2.36. The van der Waals surface area contributed by atoms with Crippen LogP contribution < -0.4 is 10.5 Å². The van der Waals surface area contributed by atoms with Gasteiger partial charge in [0.25, 0.3) is 0 Å². The van der Waals surface area contributed by atoms with Gasteiger partial charge in [0.1, 0.15) is 5.75 Å². The highest BCUT2D eigenvalue weighted by Gasteiger charge is 2.19. The lowest BCUT2D eigenvalue weighted by Crippen LogP contribution is -2.05. The van der Waals surface area contributed by atoms with Gasteiger partial charge in [0, 0.05) is 12.5 Å². The molecule has 5 heteroatoms. The molecule has 0 spiro atoms. The second-order valence-electron chi connectivity index (χ2n) is 4.75. The zero-order chi connectivity index (χ0) is 13.2. The summed E-state index contributed by atoms with van der Waals surface area (Å²) in [5.74, 6) is 2.04. The van der Waals surface area contributed by atoms with Crippen molar-refractivity contribution in [2.75, 3.05) is 0 Å². The molecule has 2 N–H and O–H groups in total. The van der Waals surface area contributed by atoms with E-state index in [1.54, 1.807) is 0 Å². The number of benzene rings is 1. The Hall–Kier alpha value is -1.88. The smallest absolute Gasteiger partial charge is 0.226 e. The number of nitrogens with two attached hydrogens (primary N) is 1. The minimum atomic E-state index is 0.174. The van der Waals surface area contributed by atoms with Crippen molar-refractivity contribution in [2.45, 2.75) is 38.8 Å². The van der Waals surface area contributed by atoms with Crippen LogP contribution in [0.15, 0.2) is 22.7 Å². The zero-order valence-corrected chi connectivity index (χ0v) is 10.9. The Morgan fingerprint density at radius 2 is 2.37 bits per heavy atom. The number of aromatic nitrogens is 2. The van der Waals surface area contributed by atoms with E-state index in [2.05, 4.69) is 22.3 Å². The molecule has 0 saturated heterocycles. The van der Waals surface area contributed by atoms with Crippen LogP contribution in [-0.2, 0) is 19.4 Å². The number of nitrogens with zero attached hydrogens (tertiary/aromatic N) is 2. The van der Waals surface area contributed by atoms with Gasteiger partial charge >= 0.3 is 0 Å². The molecule has 1 aliphatic rings. The molecule has 3 rings (SSSR count). The third kappa shape index (κ3) is 2.46. The molecule has 1 heterocycles. The van der Waals surface area contributed by atoms with Gasteiger partial charge in [0.2, 0.25) is 11.7 Å². The van der Waals surface area contributed by atoms with Crippen molar-refractivity contribution in [3.63, 3.8) is 0 Å². The first-order chi connectivity index (χ1) is 9.26. The fraction of sp³-hybridized carbons (Fsp3) is 0.429. The Kier molecular flexibility index (Phi) is 3.21. The average Bonchev–Trinajstić information content (AvgIpc) is 3.03. The van der Waals surface area contributed by atoms with Gasteiger partial charge in [-0.15, -0.1) is 0 Å². The van der Waals surface area contributed by atoms with E-state index >= 15 is 0 Å². The highest BCUT2D eigenvalue weighted by molar-refractivity contribution is 5.40. The molecule has 0 aliphatic heterocycles. The highest BCUT2D eigenvalue weighted by atomic mass is 16.5. The maximum absolute atomic E-state index is 6.01. The summed E-state index contributed by atoms with van der Waals surface area (Å²) >= 11 is 0. The average molecular weight is 259 g/mol. The highest BCUT2D eigenvalue weighted by Crippen LogP contribution is 2.31. The molecule has 0 amide bonds. The predicted molar refractivity (Wildman–Crippen MR) is 69.7 cm³/mol. The van der Waals surface area contributed by atoms with E-state index in [9.17, 15) is 0 Å². The number of ether oxygens (including phenoxy) is 1. The molecule has 0 bridgehead atoms. The molecule has 1 aromatic carbocycles. The van der Waals surface area contributed by atoms with Gasteiger partial charge in [-0.1, -0.05) is 18.1 Å². The molecule has 100 valence electrons. The number of aryl methyl sites for hydroxylation is 2. The standard InChI is InChI=1S/C14H17N3O2/c1-2-14-16-13(17-19-14)8-18-10-4-5-11-9(7-10)3-6-12(11)15/h4-5,7,12H,2-3,6,8,15H2,1H3. The van der Waals surface area contributed by atoms with Gasteiger partial charge in [-0.05, 0) is 36.1 Å². The van der Waals surface area contributed by atoms with E-state index in [1.165, 1.54) is 11.1 Å². The Morgan fingerprint density at radius 3 is 3.16 bits per heavy atom. The van der Waals surface area contributed by atoms with Crippen molar-refractivity contribution in [2.24, 2.45) is 5.73 Å². The Labute approximate surface area is 111 Å². The van der Waals surface area contributed by atoms with Gasteiger partial charge in [-0.25, -0.2) is 0 Å². The number of rotatable bonds is 4. The third-order valence-electron chi connectivity index (χ3n) is 3.42. The Balaban J connectivity index is 1.67. The monoisotopic (exact) mass is 259 g/mol. The quantitative estimate of drug-likeness (QED) is 0.910. The van der Waals surface area contributed by atoms with Crippen molar-refractivity contribution < 1.29 is 9.26 Å². The molecule has 1 aliphatic carbocycles. The largest absolute Gasteiger partial charge is 0.485 e. The van der Waals surface area contributed by atoms with Crippen LogP contribution in [0.4, 0.5) is 0 Å². The molecule has 0 radical (unpaired) electrons. The molecular formula is C14H17N3O2. The van der Waals surface area contributed by atoms with Crippen LogP contribution >= 0.6 is 0 Å². The molecule has 1 atom stereocenters. The maximum Gasteiger partial charge on any atom is 0.226 e. The summed E-state index contributed by atoms with van der Waals surface area (Å²) in [6.07, 6.45) is 2.78. The second-order valence-corrected chi connectivity index (χ2v) is 4.75. The predicted octanol–water partition coefficient (Wildman–Crippen LogP) is 2.16. The van der Waals surface area contributed by atoms with Crippen molar-refractivity contribution in [1.29, 1.82) is 0 Å². The molecule has 0 saturated carbocycles. The van der Waals surface area contributed by atoms with Gasteiger partial charge in [0.15, 0.2) is 6.61 Å². The maximum atomic E-state index is 6.01. The summed E-state index contributed by atoms with van der Waals surface area (Å²) in [7, 11) is 0. The van der Waals surface area contributed by atoms with Crippen LogP contribution in [-0.4, -0.2) is 10.1 Å². The summed E-state index contributed by atoms with van der Waals surface area (Å²) in [6.45, 7) is 2.30. The van der Waals surface area contributed by atoms with Crippen LogP contribution in [0, 0.1) is 0 Å². The van der Waals surface area contributed by atoms with Gasteiger partial charge < -0.3 is 15.0 Å². The topological polar surface area (TPSA) is 74.2 Å². The van der Waals surface area contributed by atoms with Gasteiger partial charge in [0.05, 0.1) is 0 Å². The first kappa shape index (κ1) is 12.2. The van der Waals surface area contributed by atoms with E-state index in [0.717, 1.165) is 25.0 Å². The normalized spacial score (nSPS) is 17.5. The number of fused-ring (bicyclic) bond motifs is 1. The van der Waals surface area contributed by atoms with Crippen molar-refractivity contribution in [3.05, 3.63) is 41.0 Å². The molecule has 19 heavy (non-hydrogen) atoms. The number of hydrogen-bond donors (Lipinski definition) is 1. The second kappa shape index (κ2) is 5.01. The minimum Gasteiger partial charge on any atom is -0.485 e. The third-order valence-corrected chi connectivity index (χ3v) is 3.42. The molecule has 1 aromatic heterocycles. The Bertz CT molecular complexity index is 580. The summed E-state index contributed by atoms with van der Waals surface area (Å²) < 4.78 is 10.7. The minimum absolute atomic E-state index is 0.174. The lowest BCUT2D eigenvalue weighted by atomic mass is 10.1. The summed E-state index contributed by atoms with van der Waals surface area (Å²) in [5.41, 5.74) is 8.53. The van der Waals surface area contributed by atoms with Crippen LogP contribution in [0.25, 0.3) is 0 Å². The first-order valence-corrected chi connectivity index (χ1v) is 6.59. The van der Waals surface area contributed by atoms with E-state index < -0.39 is 0 Å². The summed E-state index contributed by atoms with van der Waals surface area (Å²) in [4.78, 5) is 4.21. The number of hydrogen-bond acceptors (Lipinski definition) is 5. The van der Waals surface area contributed by atoms with E-state index in [-0.39, 0.29) is 6.04 Å². The molecule has 5 nitrogen and oxygen atoms in total. The molecular weight excluding hydrogens is 242 g/mol. The van der Waals surface area contributed by atoms with E-state index in [0.29, 0.717) is 18.3 Å². The first-order valence-electron chi connectivity index (χ1n) is 6.59. The summed E-state index contributed by atoms with van der Waals surface area (Å²) in [6, 6.07) is 6.23. The zero-order valence-electron chi connectivity index (χ0n) is 10.9. The Morgan fingerprint density at radius 1 is 1.47 bits per heavy atom. The van der Waals surface area contributed by atoms with Crippen LogP contribution in [0.3, 0.4) is 0 Å². The van der Waals surface area contributed by atoms with Crippen molar-refractivity contribution in [1.82, 2.24) is 10.1 Å². The van der Waals surface area contributed by atoms with Crippen LogP contribution in [0.5, 0.6) is 5.75 Å². The summed E-state index contributed by atoms with van der Waals surface area (Å²) in [5, 5.41) is 3.86. The van der Waals surface area contributed by atoms with E-state index in [4.69, 9.17) is 15.0 Å². The van der Waals surface area contributed by atoms with Crippen LogP contribution in [0.1, 0.15) is 42.2 Å². The van der Waals surface area contributed by atoms with Crippen molar-refractivity contribution >= 4 is 0 Å². The van der Waals surface area contributed by atoms with Crippen molar-refractivity contribution in [3.8, 4) is 5.75 Å². The SMILES string of the molecule is CCc1nc(COc2ccc3c(c2)CCC3N)no1. The van der Waals surface area contributed by atoms with Crippen LogP contribution in [0.2, 0.25) is 0 Å². The molecule has 2 aromatic rings. The molecule has 0 fully saturated rings. The fourth-order valence-electron chi connectivity index (χ4n) is 2.36. The van der Waals surface area contributed by atoms with Gasteiger partial charge in [-0.3, -0.25) is 0 Å². The van der Waals surface area contributed by atoms with Gasteiger partial charge in [-0.2, -0.15) is 4.98 Å². The van der Waals surface area contributed by atoms with E-state index in [1.807, 2.05) is 13.0 Å². The lowest BCUT2D eigenvalue weighted by Gasteiger charge is -2.07.